The van der Waals surface area contributed by atoms with Crippen LogP contribution in [0.4, 0.5) is 0 Å². The number of nitrogens with zero attached hydrogens (tertiary/aromatic N) is 3. The number of fused-ring (bicyclic) bond motifs is 14. The van der Waals surface area contributed by atoms with E-state index in [2.05, 4.69) is 44.7 Å². The van der Waals surface area contributed by atoms with Gasteiger partial charge in [-0.3, -0.25) is 9.38 Å². The molecule has 0 fully saturated rings. The standard InChI is InChI=1S/C26H13N3O2/c1-2-4-20-14(3-1)16-5-6-17-23-21(31-25(17)24(16)30-20)8-7-19-22(23)15-9-10-27-13-18(15)26-28-11-12-29(19)26/h1-13H. The summed E-state index contributed by atoms with van der Waals surface area (Å²) >= 11 is 0. The van der Waals surface area contributed by atoms with E-state index in [1.165, 1.54) is 0 Å². The summed E-state index contributed by atoms with van der Waals surface area (Å²) < 4.78 is 14.8. The van der Waals surface area contributed by atoms with Crippen molar-refractivity contribution in [1.82, 2.24) is 14.4 Å². The highest BCUT2D eigenvalue weighted by molar-refractivity contribution is 6.30. The van der Waals surface area contributed by atoms with Gasteiger partial charge in [-0.2, -0.15) is 0 Å². The molecule has 0 saturated carbocycles. The minimum absolute atomic E-state index is 0.782. The Labute approximate surface area is 174 Å². The van der Waals surface area contributed by atoms with E-state index in [0.717, 1.165) is 71.2 Å². The Balaban J connectivity index is 1.68. The molecule has 0 radical (unpaired) electrons. The van der Waals surface area contributed by atoms with Gasteiger partial charge in [-0.05, 0) is 41.8 Å². The first kappa shape index (κ1) is 15.5. The molecule has 5 nitrogen and oxygen atoms in total. The third-order valence-corrected chi connectivity index (χ3v) is 6.36. The second-order valence-corrected chi connectivity index (χ2v) is 7.89. The lowest BCUT2D eigenvalue weighted by atomic mass is 10.0. The molecule has 3 aromatic carbocycles. The lowest BCUT2D eigenvalue weighted by molar-refractivity contribution is 0.633. The van der Waals surface area contributed by atoms with Crippen LogP contribution in [0.15, 0.2) is 88.2 Å². The Morgan fingerprint density at radius 3 is 2.52 bits per heavy atom. The summed E-state index contributed by atoms with van der Waals surface area (Å²) in [6.07, 6.45) is 7.54. The molecule has 0 saturated heterocycles. The fraction of sp³-hybridized carbons (Fsp3) is 0. The number of aromatic nitrogens is 3. The molecule has 0 N–H and O–H groups in total. The smallest absolute Gasteiger partial charge is 0.178 e. The van der Waals surface area contributed by atoms with E-state index in [9.17, 15) is 0 Å². The summed E-state index contributed by atoms with van der Waals surface area (Å²) in [5, 5.41) is 7.56. The van der Waals surface area contributed by atoms with Gasteiger partial charge in [0.05, 0.1) is 5.52 Å². The Bertz CT molecular complexity index is 2010. The number of furan rings is 2. The molecule has 0 aliphatic rings. The van der Waals surface area contributed by atoms with Gasteiger partial charge in [0, 0.05) is 57.1 Å². The van der Waals surface area contributed by atoms with Gasteiger partial charge < -0.3 is 8.83 Å². The summed E-state index contributed by atoms with van der Waals surface area (Å²) in [6.45, 7) is 0. The molecule has 8 aromatic rings. The average Bonchev–Trinajstić information content (AvgIpc) is 3.53. The summed E-state index contributed by atoms with van der Waals surface area (Å²) in [4.78, 5) is 8.93. The number of pyridine rings is 2. The van der Waals surface area contributed by atoms with Crippen LogP contribution in [0, 0.1) is 0 Å². The number of para-hydroxylation sites is 1. The minimum atomic E-state index is 0.782. The van der Waals surface area contributed by atoms with Gasteiger partial charge in [0.2, 0.25) is 0 Å². The highest BCUT2D eigenvalue weighted by Crippen LogP contribution is 2.42. The van der Waals surface area contributed by atoms with Crippen LogP contribution in [0.1, 0.15) is 0 Å². The maximum Gasteiger partial charge on any atom is 0.178 e. The second-order valence-electron chi connectivity index (χ2n) is 7.89. The number of hydrogen-bond donors (Lipinski definition) is 0. The van der Waals surface area contributed by atoms with Crippen molar-refractivity contribution < 1.29 is 8.83 Å². The van der Waals surface area contributed by atoms with Crippen molar-refractivity contribution in [1.29, 1.82) is 0 Å². The van der Waals surface area contributed by atoms with E-state index in [1.54, 1.807) is 0 Å². The number of imidazole rings is 1. The zero-order chi connectivity index (χ0) is 20.1. The first-order chi connectivity index (χ1) is 15.4. The van der Waals surface area contributed by atoms with Crippen molar-refractivity contribution in [2.75, 3.05) is 0 Å². The topological polar surface area (TPSA) is 56.5 Å². The zero-order valence-electron chi connectivity index (χ0n) is 16.2. The van der Waals surface area contributed by atoms with E-state index in [-0.39, 0.29) is 0 Å². The van der Waals surface area contributed by atoms with Crippen molar-refractivity contribution in [3.05, 3.63) is 79.4 Å². The number of hydrogen-bond acceptors (Lipinski definition) is 4. The molecule has 5 aromatic heterocycles. The van der Waals surface area contributed by atoms with Crippen LogP contribution in [-0.4, -0.2) is 14.4 Å². The van der Waals surface area contributed by atoms with Crippen LogP contribution in [0.5, 0.6) is 0 Å². The predicted octanol–water partition coefficient (Wildman–Crippen LogP) is 6.83. The van der Waals surface area contributed by atoms with Crippen LogP contribution in [0.3, 0.4) is 0 Å². The SMILES string of the molecule is c1ccc2c(c1)oc1c2ccc2c1oc1ccc3c(c4ccncc4c4nccn34)c12. The van der Waals surface area contributed by atoms with Crippen molar-refractivity contribution in [3.8, 4) is 0 Å². The zero-order valence-corrected chi connectivity index (χ0v) is 16.2. The van der Waals surface area contributed by atoms with Gasteiger partial charge in [0.25, 0.3) is 0 Å². The molecule has 0 bridgehead atoms. The third kappa shape index (κ3) is 1.78. The van der Waals surface area contributed by atoms with Gasteiger partial charge in [0.1, 0.15) is 16.8 Å². The molecule has 0 aliphatic carbocycles. The van der Waals surface area contributed by atoms with E-state index >= 15 is 0 Å². The van der Waals surface area contributed by atoms with Gasteiger partial charge >= 0.3 is 0 Å². The van der Waals surface area contributed by atoms with Gasteiger partial charge in [0.15, 0.2) is 11.2 Å². The molecule has 8 rings (SSSR count). The lowest BCUT2D eigenvalue weighted by Gasteiger charge is -2.08. The predicted molar refractivity (Wildman–Crippen MR) is 123 cm³/mol. The van der Waals surface area contributed by atoms with E-state index in [4.69, 9.17) is 8.83 Å². The Hall–Kier alpha value is -4.38. The van der Waals surface area contributed by atoms with Crippen molar-refractivity contribution in [3.63, 3.8) is 0 Å². The maximum atomic E-state index is 6.41. The fourth-order valence-electron chi connectivity index (χ4n) is 5.06. The largest absolute Gasteiger partial charge is 0.452 e. The summed E-state index contributed by atoms with van der Waals surface area (Å²) in [6, 6.07) is 18.6. The number of rotatable bonds is 0. The van der Waals surface area contributed by atoms with Crippen LogP contribution < -0.4 is 0 Å². The normalized spacial score (nSPS) is 12.5. The van der Waals surface area contributed by atoms with Crippen LogP contribution in [0.2, 0.25) is 0 Å². The van der Waals surface area contributed by atoms with Gasteiger partial charge in [-0.1, -0.05) is 18.2 Å². The average molecular weight is 399 g/mol. The molecule has 0 atom stereocenters. The minimum Gasteiger partial charge on any atom is -0.452 e. The fourth-order valence-corrected chi connectivity index (χ4v) is 5.06. The molecule has 0 amide bonds. The number of benzene rings is 3. The van der Waals surface area contributed by atoms with Crippen molar-refractivity contribution in [2.24, 2.45) is 0 Å². The van der Waals surface area contributed by atoms with E-state index in [1.807, 2.05) is 49.1 Å². The van der Waals surface area contributed by atoms with Crippen molar-refractivity contribution in [2.45, 2.75) is 0 Å². The third-order valence-electron chi connectivity index (χ3n) is 6.36. The quantitative estimate of drug-likeness (QED) is 0.262. The second kappa shape index (κ2) is 5.21. The van der Waals surface area contributed by atoms with Gasteiger partial charge in [-0.25, -0.2) is 4.98 Å². The summed E-state index contributed by atoms with van der Waals surface area (Å²) in [7, 11) is 0. The molecule has 0 spiro atoms. The van der Waals surface area contributed by atoms with E-state index < -0.39 is 0 Å². The molecular formula is C26H13N3O2. The molecular weight excluding hydrogens is 386 g/mol. The highest BCUT2D eigenvalue weighted by atomic mass is 16.4. The summed E-state index contributed by atoms with van der Waals surface area (Å²) in [5.41, 5.74) is 5.27. The highest BCUT2D eigenvalue weighted by Gasteiger charge is 2.20. The molecule has 5 heterocycles. The molecule has 5 heteroatoms. The molecule has 144 valence electrons. The van der Waals surface area contributed by atoms with Crippen molar-refractivity contribution >= 4 is 71.2 Å². The Morgan fingerprint density at radius 1 is 0.645 bits per heavy atom. The molecule has 31 heavy (non-hydrogen) atoms. The summed E-state index contributed by atoms with van der Waals surface area (Å²) in [5.74, 6) is 0. The maximum absolute atomic E-state index is 6.41. The van der Waals surface area contributed by atoms with Crippen LogP contribution in [0.25, 0.3) is 71.2 Å². The first-order valence-electron chi connectivity index (χ1n) is 10.2. The molecule has 0 unspecified atom stereocenters. The van der Waals surface area contributed by atoms with E-state index in [0.29, 0.717) is 0 Å². The van der Waals surface area contributed by atoms with Crippen LogP contribution in [-0.2, 0) is 0 Å². The monoisotopic (exact) mass is 399 g/mol. The Morgan fingerprint density at radius 2 is 1.52 bits per heavy atom. The lowest BCUT2D eigenvalue weighted by Crippen LogP contribution is -1.91. The molecule has 0 aliphatic heterocycles. The first-order valence-corrected chi connectivity index (χ1v) is 10.2. The van der Waals surface area contributed by atoms with Crippen LogP contribution >= 0.6 is 0 Å². The Kier molecular flexibility index (Phi) is 2.60. The van der Waals surface area contributed by atoms with Gasteiger partial charge in [-0.15, -0.1) is 0 Å².